The Labute approximate surface area is 157 Å². The van der Waals surface area contributed by atoms with Gasteiger partial charge in [0.25, 0.3) is 0 Å². The summed E-state index contributed by atoms with van der Waals surface area (Å²) < 4.78 is 67.4. The van der Waals surface area contributed by atoms with Gasteiger partial charge in [-0.1, -0.05) is 6.07 Å². The van der Waals surface area contributed by atoms with Crippen LogP contribution in [0, 0.1) is 5.92 Å². The number of nitrogens with one attached hydrogen (secondary N) is 1. The quantitative estimate of drug-likeness (QED) is 0.776. The lowest BCUT2D eigenvalue weighted by molar-refractivity contribution is -0.274. The molecule has 0 aromatic heterocycles. The van der Waals surface area contributed by atoms with Gasteiger partial charge in [0, 0.05) is 25.2 Å². The zero-order valence-electron chi connectivity index (χ0n) is 14.0. The van der Waals surface area contributed by atoms with Crippen LogP contribution in [0.1, 0.15) is 25.7 Å². The fourth-order valence-corrected chi connectivity index (χ4v) is 4.44. The molecule has 3 rings (SSSR count). The van der Waals surface area contributed by atoms with Crippen LogP contribution < -0.4 is 10.1 Å². The molecule has 1 aromatic carbocycles. The summed E-state index contributed by atoms with van der Waals surface area (Å²) in [7, 11) is -3.82. The molecule has 0 bridgehead atoms. The minimum Gasteiger partial charge on any atom is -0.406 e. The molecular weight excluding hydrogens is 393 g/mol. The number of halogens is 4. The van der Waals surface area contributed by atoms with Gasteiger partial charge < -0.3 is 10.1 Å². The number of hydrogen-bond donors (Lipinski definition) is 1. The zero-order valence-corrected chi connectivity index (χ0v) is 15.7. The number of hydrogen-bond acceptors (Lipinski definition) is 4. The molecule has 1 N–H and O–H groups in total. The smallest absolute Gasteiger partial charge is 0.406 e. The Morgan fingerprint density at radius 3 is 2.38 bits per heavy atom. The second-order valence-corrected chi connectivity index (χ2v) is 8.49. The maximum Gasteiger partial charge on any atom is 0.573 e. The van der Waals surface area contributed by atoms with Gasteiger partial charge >= 0.3 is 6.36 Å². The van der Waals surface area contributed by atoms with Crippen molar-refractivity contribution < 1.29 is 26.3 Å². The summed E-state index contributed by atoms with van der Waals surface area (Å²) in [4.78, 5) is -0.182. The fraction of sp³-hybridized carbons (Fsp3) is 0.625. The molecule has 0 atom stereocenters. The van der Waals surface area contributed by atoms with Gasteiger partial charge in [0.05, 0.1) is 4.90 Å². The number of sulfonamides is 1. The van der Waals surface area contributed by atoms with E-state index in [4.69, 9.17) is 0 Å². The number of alkyl halides is 3. The molecule has 2 aliphatic rings. The Bertz CT molecular complexity index is 703. The molecular formula is C16H22ClF3N2O3S. The Hall–Kier alpha value is -1.03. The van der Waals surface area contributed by atoms with Crippen LogP contribution in [0.25, 0.3) is 0 Å². The predicted molar refractivity (Wildman–Crippen MR) is 92.9 cm³/mol. The first-order valence-corrected chi connectivity index (χ1v) is 9.77. The molecule has 2 fully saturated rings. The van der Waals surface area contributed by atoms with Crippen LogP contribution in [-0.4, -0.2) is 44.8 Å². The molecule has 1 saturated carbocycles. The maximum absolute atomic E-state index is 12.7. The number of rotatable bonds is 6. The third-order valence-corrected chi connectivity index (χ3v) is 6.42. The van der Waals surface area contributed by atoms with Crippen LogP contribution >= 0.6 is 12.4 Å². The van der Waals surface area contributed by atoms with Crippen molar-refractivity contribution in [1.29, 1.82) is 0 Å². The first-order chi connectivity index (χ1) is 11.7. The summed E-state index contributed by atoms with van der Waals surface area (Å²) in [5, 5.41) is 3.46. The van der Waals surface area contributed by atoms with Gasteiger partial charge in [-0.3, -0.25) is 0 Å². The van der Waals surface area contributed by atoms with E-state index in [1.165, 1.54) is 29.3 Å². The first-order valence-electron chi connectivity index (χ1n) is 8.33. The molecule has 1 aromatic rings. The van der Waals surface area contributed by atoms with Crippen LogP contribution in [-0.2, 0) is 10.0 Å². The van der Waals surface area contributed by atoms with E-state index < -0.39 is 22.1 Å². The van der Waals surface area contributed by atoms with E-state index in [2.05, 4.69) is 10.1 Å². The highest BCUT2D eigenvalue weighted by Crippen LogP contribution is 2.29. The zero-order chi connectivity index (χ0) is 18.1. The van der Waals surface area contributed by atoms with E-state index in [0.717, 1.165) is 24.6 Å². The van der Waals surface area contributed by atoms with Gasteiger partial charge in [-0.2, -0.15) is 4.31 Å². The van der Waals surface area contributed by atoms with Crippen molar-refractivity contribution >= 4 is 22.4 Å². The van der Waals surface area contributed by atoms with E-state index in [-0.39, 0.29) is 17.3 Å². The SMILES string of the molecule is Cl.O=S(=O)(c1cccc(OC(F)(F)F)c1)N1CCC(NCC2CC2)CC1. The van der Waals surface area contributed by atoms with Crippen LogP contribution in [0.15, 0.2) is 29.2 Å². The summed E-state index contributed by atoms with van der Waals surface area (Å²) in [6.07, 6.45) is -0.934. The number of nitrogens with zero attached hydrogens (tertiary/aromatic N) is 1. The molecule has 26 heavy (non-hydrogen) atoms. The molecule has 10 heteroatoms. The molecule has 0 spiro atoms. The van der Waals surface area contributed by atoms with Gasteiger partial charge in [0.2, 0.25) is 10.0 Å². The molecule has 1 heterocycles. The van der Waals surface area contributed by atoms with E-state index in [1.54, 1.807) is 0 Å². The predicted octanol–water partition coefficient (Wildman–Crippen LogP) is 3.16. The molecule has 1 saturated heterocycles. The lowest BCUT2D eigenvalue weighted by atomic mass is 10.1. The normalized spacial score (nSPS) is 19.8. The molecule has 1 aliphatic heterocycles. The second-order valence-electron chi connectivity index (χ2n) is 6.55. The fourth-order valence-electron chi connectivity index (χ4n) is 2.94. The highest BCUT2D eigenvalue weighted by Gasteiger charge is 2.33. The highest BCUT2D eigenvalue weighted by atomic mass is 35.5. The number of benzene rings is 1. The lowest BCUT2D eigenvalue weighted by Crippen LogP contribution is -2.45. The topological polar surface area (TPSA) is 58.6 Å². The van der Waals surface area contributed by atoms with E-state index in [9.17, 15) is 21.6 Å². The molecule has 148 valence electrons. The largest absolute Gasteiger partial charge is 0.573 e. The van der Waals surface area contributed by atoms with Gasteiger partial charge in [-0.05, 0) is 50.3 Å². The van der Waals surface area contributed by atoms with Gasteiger partial charge in [0.15, 0.2) is 0 Å². The minimum absolute atomic E-state index is 0. The van der Waals surface area contributed by atoms with Crippen LogP contribution in [0.4, 0.5) is 13.2 Å². The summed E-state index contributed by atoms with van der Waals surface area (Å²) in [5.74, 6) is 0.229. The van der Waals surface area contributed by atoms with Crippen molar-refractivity contribution in [2.24, 2.45) is 5.92 Å². The van der Waals surface area contributed by atoms with Gasteiger partial charge in [-0.15, -0.1) is 25.6 Å². The maximum atomic E-state index is 12.7. The average molecular weight is 415 g/mol. The van der Waals surface area contributed by atoms with E-state index in [0.29, 0.717) is 32.0 Å². The molecule has 0 unspecified atom stereocenters. The van der Waals surface area contributed by atoms with Crippen LogP contribution in [0.2, 0.25) is 0 Å². The van der Waals surface area contributed by atoms with Crippen LogP contribution in [0.5, 0.6) is 5.75 Å². The number of ether oxygens (including phenoxy) is 1. The van der Waals surface area contributed by atoms with Gasteiger partial charge in [0.1, 0.15) is 5.75 Å². The van der Waals surface area contributed by atoms with Crippen molar-refractivity contribution in [3.63, 3.8) is 0 Å². The first kappa shape index (κ1) is 21.3. The standard InChI is InChI=1S/C16H21F3N2O3S.ClH/c17-16(18,19)24-14-2-1-3-15(10-14)25(22,23)21-8-6-13(7-9-21)20-11-12-4-5-12;/h1-3,10,12-13,20H,4-9,11H2;1H. The summed E-state index contributed by atoms with van der Waals surface area (Å²) >= 11 is 0. The Balaban J connectivity index is 0.00000243. The van der Waals surface area contributed by atoms with Crippen molar-refractivity contribution in [3.8, 4) is 5.75 Å². The van der Waals surface area contributed by atoms with Gasteiger partial charge in [-0.25, -0.2) is 8.42 Å². The Morgan fingerprint density at radius 2 is 1.81 bits per heavy atom. The monoisotopic (exact) mass is 414 g/mol. The van der Waals surface area contributed by atoms with E-state index >= 15 is 0 Å². The minimum atomic E-state index is -4.85. The lowest BCUT2D eigenvalue weighted by Gasteiger charge is -2.31. The average Bonchev–Trinajstić information content (AvgIpc) is 3.36. The summed E-state index contributed by atoms with van der Waals surface area (Å²) in [6.45, 7) is 1.69. The Morgan fingerprint density at radius 1 is 1.15 bits per heavy atom. The van der Waals surface area contributed by atoms with Crippen LogP contribution in [0.3, 0.4) is 0 Å². The summed E-state index contributed by atoms with van der Waals surface area (Å²) in [6, 6.07) is 4.83. The van der Waals surface area contributed by atoms with Crippen molar-refractivity contribution in [1.82, 2.24) is 9.62 Å². The molecule has 5 nitrogen and oxygen atoms in total. The van der Waals surface area contributed by atoms with Crippen molar-refractivity contribution in [3.05, 3.63) is 24.3 Å². The second kappa shape index (κ2) is 8.33. The Kier molecular flexibility index (Phi) is 6.81. The number of piperidine rings is 1. The van der Waals surface area contributed by atoms with Crippen molar-refractivity contribution in [2.75, 3.05) is 19.6 Å². The highest BCUT2D eigenvalue weighted by molar-refractivity contribution is 7.89. The molecule has 0 radical (unpaired) electrons. The van der Waals surface area contributed by atoms with Crippen molar-refractivity contribution in [2.45, 2.75) is 43.0 Å². The van der Waals surface area contributed by atoms with E-state index in [1.807, 2.05) is 0 Å². The third kappa shape index (κ3) is 5.73. The summed E-state index contributed by atoms with van der Waals surface area (Å²) in [5.41, 5.74) is 0. The molecule has 1 aliphatic carbocycles. The third-order valence-electron chi connectivity index (χ3n) is 4.52. The molecule has 0 amide bonds.